The number of carbonyl (C=O) groups is 2. The van der Waals surface area contributed by atoms with E-state index >= 15 is 0 Å². The van der Waals surface area contributed by atoms with E-state index in [0.717, 1.165) is 39.9 Å². The first-order valence-electron chi connectivity index (χ1n) is 12.4. The molecule has 0 radical (unpaired) electrons. The number of esters is 1. The van der Waals surface area contributed by atoms with E-state index in [1.54, 1.807) is 15.9 Å². The highest BCUT2D eigenvalue weighted by Crippen LogP contribution is 2.42. The Labute approximate surface area is 216 Å². The van der Waals surface area contributed by atoms with Gasteiger partial charge in [-0.15, -0.1) is 11.3 Å². The standard InChI is InChI=1S/C25H26ClN5O4S/c1-2-35-24(34)13-6-7-14-17(10-13)36-22-18(14)20(27-12-28-22)29-16-11-15(26)19-21(32)30-25(31(19)23(16)33)8-4-3-5-9-25/h11-13H,2-10H2,1H3,(H,30,32)(H,27,28,29)/t13-/m0/s1. The summed E-state index contributed by atoms with van der Waals surface area (Å²) in [5.74, 6) is -0.105. The third-order valence-corrected chi connectivity index (χ3v) is 8.99. The molecule has 3 aliphatic rings. The van der Waals surface area contributed by atoms with Gasteiger partial charge in [-0.05, 0) is 63.5 Å². The molecule has 36 heavy (non-hydrogen) atoms. The van der Waals surface area contributed by atoms with E-state index in [2.05, 4.69) is 20.6 Å². The van der Waals surface area contributed by atoms with Crippen molar-refractivity contribution in [2.75, 3.05) is 11.9 Å². The lowest BCUT2D eigenvalue weighted by atomic mass is 9.88. The van der Waals surface area contributed by atoms with Crippen molar-refractivity contribution in [3.63, 3.8) is 0 Å². The molecular formula is C25H26ClN5O4S. The molecule has 3 aromatic heterocycles. The molecule has 1 atom stereocenters. The molecule has 2 aliphatic carbocycles. The second kappa shape index (κ2) is 8.85. The highest BCUT2D eigenvalue weighted by molar-refractivity contribution is 7.19. The molecule has 0 unspecified atom stereocenters. The topological polar surface area (TPSA) is 115 Å². The summed E-state index contributed by atoms with van der Waals surface area (Å²) in [5.41, 5.74) is 0.568. The predicted octanol–water partition coefficient (Wildman–Crippen LogP) is 4.28. The van der Waals surface area contributed by atoms with Gasteiger partial charge in [-0.2, -0.15) is 0 Å². The Morgan fingerprint density at radius 1 is 1.31 bits per heavy atom. The first-order valence-corrected chi connectivity index (χ1v) is 13.6. The van der Waals surface area contributed by atoms with Crippen LogP contribution < -0.4 is 16.2 Å². The number of rotatable bonds is 4. The van der Waals surface area contributed by atoms with Crippen LogP contribution >= 0.6 is 22.9 Å². The normalized spacial score (nSPS) is 20.2. The maximum atomic E-state index is 13.7. The number of aromatic nitrogens is 3. The Morgan fingerprint density at radius 3 is 2.89 bits per heavy atom. The number of carbonyl (C=O) groups excluding carboxylic acids is 2. The Bertz CT molecular complexity index is 1460. The summed E-state index contributed by atoms with van der Waals surface area (Å²) >= 11 is 8.11. The van der Waals surface area contributed by atoms with Crippen LogP contribution in [0.2, 0.25) is 5.02 Å². The number of halogens is 1. The van der Waals surface area contributed by atoms with E-state index in [4.69, 9.17) is 16.3 Å². The van der Waals surface area contributed by atoms with Gasteiger partial charge in [-0.3, -0.25) is 19.0 Å². The van der Waals surface area contributed by atoms with Crippen molar-refractivity contribution in [1.82, 2.24) is 19.9 Å². The largest absolute Gasteiger partial charge is 0.466 e. The van der Waals surface area contributed by atoms with E-state index in [9.17, 15) is 14.4 Å². The van der Waals surface area contributed by atoms with E-state index < -0.39 is 5.66 Å². The van der Waals surface area contributed by atoms with Crippen LogP contribution in [-0.4, -0.2) is 33.0 Å². The number of aryl methyl sites for hydroxylation is 1. The van der Waals surface area contributed by atoms with Gasteiger partial charge in [0.05, 0.1) is 22.9 Å². The molecule has 0 saturated heterocycles. The van der Waals surface area contributed by atoms with Crippen LogP contribution in [0.4, 0.5) is 11.5 Å². The number of hydrogen-bond acceptors (Lipinski definition) is 8. The number of fused-ring (bicyclic) bond motifs is 5. The van der Waals surface area contributed by atoms with Crippen molar-refractivity contribution in [3.05, 3.63) is 43.9 Å². The molecule has 11 heteroatoms. The predicted molar refractivity (Wildman–Crippen MR) is 137 cm³/mol. The summed E-state index contributed by atoms with van der Waals surface area (Å²) < 4.78 is 6.80. The van der Waals surface area contributed by atoms with Gasteiger partial charge in [-0.1, -0.05) is 18.0 Å². The molecule has 3 aromatic rings. The molecule has 1 fully saturated rings. The SMILES string of the molecule is CCOC(=O)[C@H]1CCc2c(sc3ncnc(Nc4cc(Cl)c5n(c4=O)C4(CCCCC4)NC5=O)c23)C1. The first-order chi connectivity index (χ1) is 17.4. The second-order valence-electron chi connectivity index (χ2n) is 9.66. The number of hydrogen-bond donors (Lipinski definition) is 2. The van der Waals surface area contributed by atoms with Crippen LogP contribution in [0, 0.1) is 5.92 Å². The fraction of sp³-hybridized carbons (Fsp3) is 0.480. The van der Waals surface area contributed by atoms with E-state index in [0.29, 0.717) is 44.5 Å². The van der Waals surface area contributed by atoms with Crippen LogP contribution in [-0.2, 0) is 28.0 Å². The number of ether oxygens (including phenoxy) is 1. The van der Waals surface area contributed by atoms with Gasteiger partial charge in [0.15, 0.2) is 0 Å². The minimum absolute atomic E-state index is 0.160. The summed E-state index contributed by atoms with van der Waals surface area (Å²) in [6, 6.07) is 1.51. The Hall–Kier alpha value is -2.98. The number of amides is 1. The summed E-state index contributed by atoms with van der Waals surface area (Å²) in [4.78, 5) is 49.6. The molecule has 1 spiro atoms. The maximum Gasteiger partial charge on any atom is 0.309 e. The van der Waals surface area contributed by atoms with E-state index in [1.807, 2.05) is 6.92 Å². The fourth-order valence-electron chi connectivity index (χ4n) is 5.90. The van der Waals surface area contributed by atoms with Crippen LogP contribution in [0.5, 0.6) is 0 Å². The molecule has 0 aromatic carbocycles. The van der Waals surface area contributed by atoms with Gasteiger partial charge in [0.2, 0.25) is 0 Å². The van der Waals surface area contributed by atoms with Crippen LogP contribution in [0.1, 0.15) is 66.4 Å². The van der Waals surface area contributed by atoms with Gasteiger partial charge < -0.3 is 15.4 Å². The molecule has 4 heterocycles. The molecule has 6 rings (SSSR count). The molecule has 1 saturated carbocycles. The van der Waals surface area contributed by atoms with Gasteiger partial charge in [0.1, 0.15) is 34.0 Å². The molecule has 1 amide bonds. The Morgan fingerprint density at radius 2 is 2.11 bits per heavy atom. The Balaban J connectivity index is 1.40. The smallest absolute Gasteiger partial charge is 0.309 e. The third-order valence-electron chi connectivity index (χ3n) is 7.54. The quantitative estimate of drug-likeness (QED) is 0.486. The minimum Gasteiger partial charge on any atom is -0.466 e. The number of thiophene rings is 1. The lowest BCUT2D eigenvalue weighted by Crippen LogP contribution is -2.48. The molecule has 2 N–H and O–H groups in total. The molecule has 188 valence electrons. The van der Waals surface area contributed by atoms with Crippen molar-refractivity contribution in [2.45, 2.75) is 64.0 Å². The van der Waals surface area contributed by atoms with E-state index in [1.165, 1.54) is 12.4 Å². The number of anilines is 2. The molecule has 0 bridgehead atoms. The van der Waals surface area contributed by atoms with Gasteiger partial charge >= 0.3 is 5.97 Å². The highest BCUT2D eigenvalue weighted by Gasteiger charge is 2.45. The number of nitrogens with one attached hydrogen (secondary N) is 2. The summed E-state index contributed by atoms with van der Waals surface area (Å²) in [6.07, 6.45) is 7.80. The van der Waals surface area contributed by atoms with Gasteiger partial charge in [-0.25, -0.2) is 9.97 Å². The highest BCUT2D eigenvalue weighted by atomic mass is 35.5. The Kier molecular flexibility index (Phi) is 5.75. The van der Waals surface area contributed by atoms with Gasteiger partial charge in [0.25, 0.3) is 11.5 Å². The maximum absolute atomic E-state index is 13.7. The average molecular weight is 528 g/mol. The van der Waals surface area contributed by atoms with Crippen LogP contribution in [0.15, 0.2) is 17.2 Å². The summed E-state index contributed by atoms with van der Waals surface area (Å²) in [5, 5.41) is 7.36. The molecule has 1 aliphatic heterocycles. The zero-order valence-electron chi connectivity index (χ0n) is 19.9. The van der Waals surface area contributed by atoms with Crippen molar-refractivity contribution < 1.29 is 14.3 Å². The third kappa shape index (κ3) is 3.61. The zero-order chi connectivity index (χ0) is 25.0. The molecule has 9 nitrogen and oxygen atoms in total. The number of nitrogens with zero attached hydrogens (tertiary/aromatic N) is 3. The van der Waals surface area contributed by atoms with Gasteiger partial charge in [0, 0.05) is 4.88 Å². The fourth-order valence-corrected chi connectivity index (χ4v) is 7.45. The molecular weight excluding hydrogens is 502 g/mol. The van der Waals surface area contributed by atoms with Crippen molar-refractivity contribution in [1.29, 1.82) is 0 Å². The van der Waals surface area contributed by atoms with E-state index in [-0.39, 0.29) is 39.8 Å². The first kappa shape index (κ1) is 23.4. The van der Waals surface area contributed by atoms with Crippen molar-refractivity contribution in [3.8, 4) is 0 Å². The minimum atomic E-state index is -0.728. The monoisotopic (exact) mass is 527 g/mol. The summed E-state index contributed by atoms with van der Waals surface area (Å²) in [7, 11) is 0. The lowest BCUT2D eigenvalue weighted by molar-refractivity contribution is -0.148. The van der Waals surface area contributed by atoms with Crippen LogP contribution in [0.3, 0.4) is 0 Å². The van der Waals surface area contributed by atoms with Crippen LogP contribution in [0.25, 0.3) is 10.2 Å². The average Bonchev–Trinajstić information content (AvgIpc) is 3.38. The number of pyridine rings is 1. The van der Waals surface area contributed by atoms with Crippen molar-refractivity contribution >= 4 is 56.5 Å². The lowest BCUT2D eigenvalue weighted by Gasteiger charge is -2.35. The van der Waals surface area contributed by atoms with Crippen molar-refractivity contribution in [2.24, 2.45) is 5.92 Å². The summed E-state index contributed by atoms with van der Waals surface area (Å²) in [6.45, 7) is 2.18. The second-order valence-corrected chi connectivity index (χ2v) is 11.2. The zero-order valence-corrected chi connectivity index (χ0v) is 21.4.